The van der Waals surface area contributed by atoms with Crippen molar-refractivity contribution in [1.29, 1.82) is 0 Å². The Kier molecular flexibility index (Phi) is 3.88. The molecule has 18 heavy (non-hydrogen) atoms. The van der Waals surface area contributed by atoms with Gasteiger partial charge in [-0.2, -0.15) is 5.10 Å². The molecule has 1 heterocycles. The lowest BCUT2D eigenvalue weighted by molar-refractivity contribution is 0.415. The van der Waals surface area contributed by atoms with Gasteiger partial charge in [-0.3, -0.25) is 4.68 Å². The summed E-state index contributed by atoms with van der Waals surface area (Å²) in [5.41, 5.74) is 2.93. The van der Waals surface area contributed by atoms with Crippen molar-refractivity contribution in [2.75, 3.05) is 7.05 Å². The van der Waals surface area contributed by atoms with Crippen LogP contribution in [0, 0.1) is 18.3 Å². The molecule has 4 heteroatoms. The zero-order valence-electron chi connectivity index (χ0n) is 12.0. The van der Waals surface area contributed by atoms with E-state index in [0.29, 0.717) is 11.5 Å². The molecule has 2 unspecified atom stereocenters. The number of nitrogens with one attached hydrogen (secondary N) is 1. The summed E-state index contributed by atoms with van der Waals surface area (Å²) >= 11 is 3.69. The number of likely N-dealkylation sites (N-methyl/N-ethyl adjacent to an activating group) is 1. The SMILES string of the molecule is CCn1nc(C)c(Br)c1CC(NC)C1CC1(C)C. The average Bonchev–Trinajstić information content (AvgIpc) is 2.86. The highest BCUT2D eigenvalue weighted by Gasteiger charge is 2.49. The van der Waals surface area contributed by atoms with Crippen LogP contribution in [0.2, 0.25) is 0 Å². The standard InChI is InChI=1S/C14H24BrN3/c1-6-18-12(13(15)9(2)17-18)7-11(16-5)10-8-14(10,3)4/h10-11,16H,6-8H2,1-5H3. The van der Waals surface area contributed by atoms with Crippen LogP contribution in [0.25, 0.3) is 0 Å². The van der Waals surface area contributed by atoms with E-state index in [-0.39, 0.29) is 0 Å². The maximum absolute atomic E-state index is 4.57. The second-order valence-corrected chi connectivity index (χ2v) is 6.85. The van der Waals surface area contributed by atoms with Crippen LogP contribution in [-0.2, 0) is 13.0 Å². The van der Waals surface area contributed by atoms with Gasteiger partial charge in [-0.15, -0.1) is 0 Å². The molecule has 1 aromatic heterocycles. The second kappa shape index (κ2) is 4.97. The topological polar surface area (TPSA) is 29.9 Å². The normalized spacial score (nSPS) is 23.1. The van der Waals surface area contributed by atoms with Crippen molar-refractivity contribution in [2.45, 2.75) is 53.1 Å². The number of aryl methyl sites for hydroxylation is 2. The number of halogens is 1. The highest BCUT2D eigenvalue weighted by Crippen LogP contribution is 2.54. The average molecular weight is 314 g/mol. The quantitative estimate of drug-likeness (QED) is 0.905. The van der Waals surface area contributed by atoms with Gasteiger partial charge in [-0.25, -0.2) is 0 Å². The number of nitrogens with zero attached hydrogens (tertiary/aromatic N) is 2. The molecule has 3 nitrogen and oxygen atoms in total. The Morgan fingerprint density at radius 3 is 2.61 bits per heavy atom. The van der Waals surface area contributed by atoms with Crippen LogP contribution in [0.15, 0.2) is 4.47 Å². The lowest BCUT2D eigenvalue weighted by atomic mass is 10.00. The van der Waals surface area contributed by atoms with Crippen LogP contribution in [0.5, 0.6) is 0 Å². The zero-order valence-corrected chi connectivity index (χ0v) is 13.6. The molecular formula is C14H24BrN3. The van der Waals surface area contributed by atoms with E-state index < -0.39 is 0 Å². The monoisotopic (exact) mass is 313 g/mol. The third-order valence-corrected chi connectivity index (χ3v) is 5.34. The number of hydrogen-bond acceptors (Lipinski definition) is 2. The van der Waals surface area contributed by atoms with Gasteiger partial charge >= 0.3 is 0 Å². The van der Waals surface area contributed by atoms with Gasteiger partial charge in [-0.1, -0.05) is 13.8 Å². The summed E-state index contributed by atoms with van der Waals surface area (Å²) in [6.45, 7) is 9.87. The molecule has 0 amide bonds. The lowest BCUT2D eigenvalue weighted by Crippen LogP contribution is -2.32. The van der Waals surface area contributed by atoms with Crippen LogP contribution in [-0.4, -0.2) is 22.9 Å². The highest BCUT2D eigenvalue weighted by atomic mass is 79.9. The highest BCUT2D eigenvalue weighted by molar-refractivity contribution is 9.10. The van der Waals surface area contributed by atoms with Gasteiger partial charge in [0.25, 0.3) is 0 Å². The molecule has 1 aromatic rings. The lowest BCUT2D eigenvalue weighted by Gasteiger charge is -2.19. The molecule has 2 rings (SSSR count). The van der Waals surface area contributed by atoms with Crippen molar-refractivity contribution in [2.24, 2.45) is 11.3 Å². The van der Waals surface area contributed by atoms with E-state index in [1.807, 2.05) is 0 Å². The van der Waals surface area contributed by atoms with Gasteiger partial charge in [0.15, 0.2) is 0 Å². The van der Waals surface area contributed by atoms with E-state index in [1.54, 1.807) is 0 Å². The molecule has 1 saturated carbocycles. The molecule has 1 N–H and O–H groups in total. The second-order valence-electron chi connectivity index (χ2n) is 6.06. The third-order valence-electron chi connectivity index (χ3n) is 4.31. The minimum Gasteiger partial charge on any atom is -0.316 e. The van der Waals surface area contributed by atoms with E-state index >= 15 is 0 Å². The van der Waals surface area contributed by atoms with Crippen LogP contribution in [0.4, 0.5) is 0 Å². The summed E-state index contributed by atoms with van der Waals surface area (Å²) in [5, 5.41) is 8.07. The Morgan fingerprint density at radius 2 is 2.17 bits per heavy atom. The molecule has 102 valence electrons. The zero-order chi connectivity index (χ0) is 13.5. The molecule has 2 atom stereocenters. The predicted molar refractivity (Wildman–Crippen MR) is 78.8 cm³/mol. The Labute approximate surface area is 118 Å². The largest absolute Gasteiger partial charge is 0.316 e. The molecule has 0 spiro atoms. The number of rotatable bonds is 5. The first-order chi connectivity index (χ1) is 8.40. The van der Waals surface area contributed by atoms with Gasteiger partial charge in [0, 0.05) is 19.0 Å². The fraction of sp³-hybridized carbons (Fsp3) is 0.786. The molecule has 0 saturated heterocycles. The fourth-order valence-corrected chi connectivity index (χ4v) is 3.36. The first-order valence-corrected chi connectivity index (χ1v) is 7.59. The van der Waals surface area contributed by atoms with E-state index in [4.69, 9.17) is 0 Å². The summed E-state index contributed by atoms with van der Waals surface area (Å²) in [4.78, 5) is 0. The van der Waals surface area contributed by atoms with Crippen molar-refractivity contribution < 1.29 is 0 Å². The summed E-state index contributed by atoms with van der Waals surface area (Å²) in [5.74, 6) is 0.787. The Balaban J connectivity index is 2.17. The van der Waals surface area contributed by atoms with Crippen molar-refractivity contribution in [3.63, 3.8) is 0 Å². The van der Waals surface area contributed by atoms with Crippen LogP contribution in [0.3, 0.4) is 0 Å². The van der Waals surface area contributed by atoms with E-state index in [2.05, 4.69) is 65.8 Å². The van der Waals surface area contributed by atoms with Crippen molar-refractivity contribution in [3.8, 4) is 0 Å². The van der Waals surface area contributed by atoms with Gasteiger partial charge < -0.3 is 5.32 Å². The summed E-state index contributed by atoms with van der Waals surface area (Å²) in [6.07, 6.45) is 2.38. The molecule has 0 aromatic carbocycles. The Hall–Kier alpha value is -0.350. The van der Waals surface area contributed by atoms with Crippen LogP contribution >= 0.6 is 15.9 Å². The Bertz CT molecular complexity index is 436. The fourth-order valence-electron chi connectivity index (χ4n) is 2.91. The van der Waals surface area contributed by atoms with Gasteiger partial charge in [0.2, 0.25) is 0 Å². The molecule has 1 aliphatic carbocycles. The van der Waals surface area contributed by atoms with E-state index in [1.165, 1.54) is 16.6 Å². The molecular weight excluding hydrogens is 290 g/mol. The van der Waals surface area contributed by atoms with Gasteiger partial charge in [0.05, 0.1) is 15.9 Å². The van der Waals surface area contributed by atoms with Gasteiger partial charge in [0.1, 0.15) is 0 Å². The smallest absolute Gasteiger partial charge is 0.0738 e. The summed E-state index contributed by atoms with van der Waals surface area (Å²) < 4.78 is 3.31. The number of aromatic nitrogens is 2. The van der Waals surface area contributed by atoms with Crippen molar-refractivity contribution in [1.82, 2.24) is 15.1 Å². The molecule has 1 fully saturated rings. The first kappa shape index (κ1) is 14.1. The van der Waals surface area contributed by atoms with Crippen LogP contribution in [0.1, 0.15) is 38.6 Å². The third kappa shape index (κ3) is 2.50. The Morgan fingerprint density at radius 1 is 1.56 bits per heavy atom. The van der Waals surface area contributed by atoms with Crippen molar-refractivity contribution in [3.05, 3.63) is 15.9 Å². The minimum atomic E-state index is 0.506. The molecule has 0 radical (unpaired) electrons. The molecule has 0 bridgehead atoms. The number of hydrogen-bond donors (Lipinski definition) is 1. The molecule has 1 aliphatic rings. The van der Waals surface area contributed by atoms with Gasteiger partial charge in [-0.05, 0) is 54.6 Å². The predicted octanol–water partition coefficient (Wildman–Crippen LogP) is 3.15. The van der Waals surface area contributed by atoms with E-state index in [0.717, 1.165) is 24.6 Å². The molecule has 0 aliphatic heterocycles. The maximum Gasteiger partial charge on any atom is 0.0738 e. The van der Waals surface area contributed by atoms with E-state index in [9.17, 15) is 0 Å². The summed E-state index contributed by atoms with van der Waals surface area (Å²) in [6, 6.07) is 0.553. The van der Waals surface area contributed by atoms with Crippen molar-refractivity contribution >= 4 is 15.9 Å². The maximum atomic E-state index is 4.57. The summed E-state index contributed by atoms with van der Waals surface area (Å²) in [7, 11) is 2.08. The first-order valence-electron chi connectivity index (χ1n) is 6.79. The minimum absolute atomic E-state index is 0.506. The van der Waals surface area contributed by atoms with Crippen LogP contribution < -0.4 is 5.32 Å².